The fourth-order valence-corrected chi connectivity index (χ4v) is 3.40. The van der Waals surface area contributed by atoms with E-state index in [0.29, 0.717) is 32.6 Å². The summed E-state index contributed by atoms with van der Waals surface area (Å²) < 4.78 is 0. The number of amides is 3. The van der Waals surface area contributed by atoms with Gasteiger partial charge in [-0.2, -0.15) is 0 Å². The van der Waals surface area contributed by atoms with E-state index < -0.39 is 12.1 Å². The third-order valence-electron chi connectivity index (χ3n) is 4.06. The SMILES string of the molecule is CC1=C(C(=O)Nc2cccc(C)c2)C(c2ccc(Cl)cc2Cl)NC(=O)N1. The lowest BCUT2D eigenvalue weighted by molar-refractivity contribution is -0.113. The van der Waals surface area contributed by atoms with Crippen molar-refractivity contribution in [2.24, 2.45) is 0 Å². The van der Waals surface area contributed by atoms with Gasteiger partial charge in [-0.05, 0) is 49.2 Å². The highest BCUT2D eigenvalue weighted by molar-refractivity contribution is 6.35. The summed E-state index contributed by atoms with van der Waals surface area (Å²) in [5.74, 6) is -0.323. The van der Waals surface area contributed by atoms with Crippen LogP contribution in [0.1, 0.15) is 24.1 Å². The van der Waals surface area contributed by atoms with E-state index in [9.17, 15) is 9.59 Å². The molecule has 1 unspecified atom stereocenters. The molecule has 0 aromatic heterocycles. The van der Waals surface area contributed by atoms with Gasteiger partial charge >= 0.3 is 6.03 Å². The minimum Gasteiger partial charge on any atom is -0.327 e. The summed E-state index contributed by atoms with van der Waals surface area (Å²) in [6, 6.07) is 11.4. The zero-order valence-electron chi connectivity index (χ0n) is 14.2. The Morgan fingerprint density at radius 2 is 1.88 bits per heavy atom. The summed E-state index contributed by atoms with van der Waals surface area (Å²) in [5.41, 5.74) is 3.15. The molecule has 1 aliphatic heterocycles. The minimum atomic E-state index is -0.682. The van der Waals surface area contributed by atoms with E-state index in [1.54, 1.807) is 31.2 Å². The third-order valence-corrected chi connectivity index (χ3v) is 4.63. The first-order chi connectivity index (χ1) is 12.3. The van der Waals surface area contributed by atoms with Crippen LogP contribution in [0.25, 0.3) is 0 Å². The van der Waals surface area contributed by atoms with Crippen molar-refractivity contribution in [3.63, 3.8) is 0 Å². The van der Waals surface area contributed by atoms with Crippen molar-refractivity contribution < 1.29 is 9.59 Å². The number of nitrogens with one attached hydrogen (secondary N) is 3. The summed E-state index contributed by atoms with van der Waals surface area (Å²) >= 11 is 12.3. The van der Waals surface area contributed by atoms with Crippen molar-refractivity contribution in [1.82, 2.24) is 10.6 Å². The number of aryl methyl sites for hydroxylation is 1. The molecule has 3 N–H and O–H groups in total. The maximum absolute atomic E-state index is 12.9. The molecule has 134 valence electrons. The second kappa shape index (κ2) is 7.40. The van der Waals surface area contributed by atoms with Gasteiger partial charge in [-0.25, -0.2) is 4.79 Å². The van der Waals surface area contributed by atoms with E-state index in [0.717, 1.165) is 5.56 Å². The summed E-state index contributed by atoms with van der Waals surface area (Å²) in [6.07, 6.45) is 0. The van der Waals surface area contributed by atoms with Gasteiger partial charge in [-0.3, -0.25) is 4.79 Å². The number of benzene rings is 2. The molecule has 0 radical (unpaired) electrons. The molecule has 2 aromatic carbocycles. The number of rotatable bonds is 3. The molecule has 0 saturated carbocycles. The smallest absolute Gasteiger partial charge is 0.319 e. The highest BCUT2D eigenvalue weighted by atomic mass is 35.5. The maximum atomic E-state index is 12.9. The predicted molar refractivity (Wildman–Crippen MR) is 103 cm³/mol. The molecule has 2 aromatic rings. The van der Waals surface area contributed by atoms with Gasteiger partial charge in [-0.15, -0.1) is 0 Å². The molecule has 3 amide bonds. The lowest BCUT2D eigenvalue weighted by Gasteiger charge is -2.29. The molecule has 0 spiro atoms. The van der Waals surface area contributed by atoms with Gasteiger partial charge in [-0.1, -0.05) is 41.4 Å². The van der Waals surface area contributed by atoms with E-state index in [1.807, 2.05) is 25.1 Å². The number of allylic oxidation sites excluding steroid dienone is 1. The van der Waals surface area contributed by atoms with Gasteiger partial charge in [0.25, 0.3) is 5.91 Å². The van der Waals surface area contributed by atoms with Crippen LogP contribution >= 0.6 is 23.2 Å². The zero-order valence-corrected chi connectivity index (χ0v) is 15.7. The van der Waals surface area contributed by atoms with Crippen LogP contribution in [-0.4, -0.2) is 11.9 Å². The lowest BCUT2D eigenvalue weighted by atomic mass is 9.94. The highest BCUT2D eigenvalue weighted by Gasteiger charge is 2.32. The molecule has 0 aliphatic carbocycles. The van der Waals surface area contributed by atoms with Crippen molar-refractivity contribution in [1.29, 1.82) is 0 Å². The molecule has 5 nitrogen and oxygen atoms in total. The van der Waals surface area contributed by atoms with Crippen LogP contribution in [0.15, 0.2) is 53.7 Å². The van der Waals surface area contributed by atoms with Crippen LogP contribution in [0.3, 0.4) is 0 Å². The number of hydrogen-bond acceptors (Lipinski definition) is 2. The first-order valence-electron chi connectivity index (χ1n) is 7.96. The monoisotopic (exact) mass is 389 g/mol. The zero-order chi connectivity index (χ0) is 18.8. The van der Waals surface area contributed by atoms with Gasteiger partial charge in [0.2, 0.25) is 0 Å². The molecule has 7 heteroatoms. The third kappa shape index (κ3) is 3.84. The van der Waals surface area contributed by atoms with Gasteiger partial charge in [0, 0.05) is 21.4 Å². The van der Waals surface area contributed by atoms with E-state index in [1.165, 1.54) is 0 Å². The standard InChI is InChI=1S/C19H17Cl2N3O2/c1-10-4-3-5-13(8-10)23-18(25)16-11(2)22-19(26)24-17(16)14-7-6-12(20)9-15(14)21/h3-9,17H,1-2H3,(H,23,25)(H2,22,24,26). The van der Waals surface area contributed by atoms with Gasteiger partial charge < -0.3 is 16.0 Å². The summed E-state index contributed by atoms with van der Waals surface area (Å²) in [7, 11) is 0. The summed E-state index contributed by atoms with van der Waals surface area (Å²) in [5, 5.41) is 9.11. The van der Waals surface area contributed by atoms with E-state index in [-0.39, 0.29) is 5.91 Å². The average Bonchev–Trinajstić information content (AvgIpc) is 2.53. The molecule has 1 aliphatic rings. The first-order valence-corrected chi connectivity index (χ1v) is 8.72. The van der Waals surface area contributed by atoms with Crippen LogP contribution in [0, 0.1) is 6.92 Å². The Bertz CT molecular complexity index is 925. The number of hydrogen-bond donors (Lipinski definition) is 3. The Labute approximate surface area is 161 Å². The molecule has 26 heavy (non-hydrogen) atoms. The highest BCUT2D eigenvalue weighted by Crippen LogP contribution is 2.33. The maximum Gasteiger partial charge on any atom is 0.319 e. The largest absolute Gasteiger partial charge is 0.327 e. The number of halogens is 2. The molecule has 3 rings (SSSR count). The fourth-order valence-electron chi connectivity index (χ4n) is 2.88. The normalized spacial score (nSPS) is 16.8. The van der Waals surface area contributed by atoms with Crippen LogP contribution < -0.4 is 16.0 Å². The Kier molecular flexibility index (Phi) is 5.20. The van der Waals surface area contributed by atoms with Gasteiger partial charge in [0.05, 0.1) is 11.6 Å². The molecular weight excluding hydrogens is 373 g/mol. The van der Waals surface area contributed by atoms with Crippen LogP contribution in [0.5, 0.6) is 0 Å². The van der Waals surface area contributed by atoms with Crippen molar-refractivity contribution in [3.05, 3.63) is 74.9 Å². The van der Waals surface area contributed by atoms with Crippen molar-refractivity contribution in [2.75, 3.05) is 5.32 Å². The molecule has 0 saturated heterocycles. The number of anilines is 1. The molecule has 0 fully saturated rings. The lowest BCUT2D eigenvalue weighted by Crippen LogP contribution is -2.46. The van der Waals surface area contributed by atoms with Crippen LogP contribution in [0.4, 0.5) is 10.5 Å². The van der Waals surface area contributed by atoms with Crippen molar-refractivity contribution in [3.8, 4) is 0 Å². The Hall–Kier alpha value is -2.50. The quantitative estimate of drug-likeness (QED) is 0.719. The minimum absolute atomic E-state index is 0.323. The second-order valence-electron chi connectivity index (χ2n) is 6.06. The Morgan fingerprint density at radius 3 is 2.58 bits per heavy atom. The van der Waals surface area contributed by atoms with Gasteiger partial charge in [0.15, 0.2) is 0 Å². The van der Waals surface area contributed by atoms with E-state index in [2.05, 4.69) is 16.0 Å². The fraction of sp³-hybridized carbons (Fsp3) is 0.158. The van der Waals surface area contributed by atoms with E-state index in [4.69, 9.17) is 23.2 Å². The Balaban J connectivity index is 1.98. The number of carbonyl (C=O) groups excluding carboxylic acids is 2. The first kappa shape index (κ1) is 18.3. The topological polar surface area (TPSA) is 70.2 Å². The second-order valence-corrected chi connectivity index (χ2v) is 6.90. The number of carbonyl (C=O) groups is 2. The van der Waals surface area contributed by atoms with Gasteiger partial charge in [0.1, 0.15) is 0 Å². The Morgan fingerprint density at radius 1 is 1.12 bits per heavy atom. The summed E-state index contributed by atoms with van der Waals surface area (Å²) in [6.45, 7) is 3.62. The van der Waals surface area contributed by atoms with Crippen LogP contribution in [0.2, 0.25) is 10.0 Å². The molecule has 1 atom stereocenters. The molecule has 1 heterocycles. The van der Waals surface area contributed by atoms with E-state index >= 15 is 0 Å². The average molecular weight is 390 g/mol. The number of urea groups is 1. The molecule has 0 bridgehead atoms. The van der Waals surface area contributed by atoms with Crippen molar-refractivity contribution >= 4 is 40.8 Å². The predicted octanol–water partition coefficient (Wildman–Crippen LogP) is 4.57. The van der Waals surface area contributed by atoms with Crippen molar-refractivity contribution in [2.45, 2.75) is 19.9 Å². The molecular formula is C19H17Cl2N3O2. The van der Waals surface area contributed by atoms with Crippen LogP contribution in [-0.2, 0) is 4.79 Å². The summed E-state index contributed by atoms with van der Waals surface area (Å²) in [4.78, 5) is 24.9.